The lowest BCUT2D eigenvalue weighted by atomic mass is 9.98. The average molecular weight is 659 g/mol. The summed E-state index contributed by atoms with van der Waals surface area (Å²) in [7, 11) is 1.76. The summed E-state index contributed by atoms with van der Waals surface area (Å²) in [5.74, 6) is -0.768. The molecular formula is C39H50N2O7. The van der Waals surface area contributed by atoms with Crippen LogP contribution in [0, 0.1) is 0 Å². The van der Waals surface area contributed by atoms with E-state index in [0.717, 1.165) is 91.6 Å². The van der Waals surface area contributed by atoms with Crippen LogP contribution in [-0.4, -0.2) is 65.9 Å². The molecule has 5 rings (SSSR count). The van der Waals surface area contributed by atoms with E-state index in [9.17, 15) is 14.7 Å². The lowest BCUT2D eigenvalue weighted by molar-refractivity contribution is -0.253. The highest BCUT2D eigenvalue weighted by Gasteiger charge is 2.35. The van der Waals surface area contributed by atoms with E-state index in [1.54, 1.807) is 7.11 Å². The number of likely N-dealkylation sites (tertiary alicyclic amines) is 1. The Balaban J connectivity index is 1.24. The van der Waals surface area contributed by atoms with E-state index in [1.807, 2.05) is 42.5 Å². The summed E-state index contributed by atoms with van der Waals surface area (Å²) in [6, 6.07) is 24.9. The van der Waals surface area contributed by atoms with Gasteiger partial charge in [-0.15, -0.1) is 0 Å². The van der Waals surface area contributed by atoms with Crippen LogP contribution in [-0.2, 0) is 37.0 Å². The van der Waals surface area contributed by atoms with Crippen molar-refractivity contribution in [2.75, 3.05) is 26.8 Å². The third-order valence-corrected chi connectivity index (χ3v) is 9.36. The van der Waals surface area contributed by atoms with Crippen LogP contribution in [0.2, 0.25) is 0 Å². The SMILES string of the molecule is COCC1CCCN1CC1CC(c2ccc(CO)cc2)OC(c2cccc(-c3cccc(CNC(=O)CCCCCCC(=O)O)c3)c2)O1. The number of nitrogens with zero attached hydrogens (tertiary/aromatic N) is 1. The molecular weight excluding hydrogens is 608 g/mol. The standard InChI is InChI=1S/C39H50N2O7/c1-46-27-34-13-8-20-41(34)25-35-23-36(30-18-16-28(26-42)17-19-30)48-39(47-35)33-12-7-11-32(22-33)31-10-6-9-29(21-31)24-40-37(43)14-4-2-3-5-15-38(44)45/h6-7,9-12,16-19,21-22,34-36,39,42H,2-5,8,13-15,20,23-27H2,1H3,(H,40,43)(H,44,45). The Labute approximate surface area is 284 Å². The van der Waals surface area contributed by atoms with E-state index in [1.165, 1.54) is 0 Å². The van der Waals surface area contributed by atoms with Crippen LogP contribution in [0.25, 0.3) is 11.1 Å². The van der Waals surface area contributed by atoms with E-state index in [0.29, 0.717) is 25.4 Å². The number of carbonyl (C=O) groups excluding carboxylic acids is 1. The van der Waals surface area contributed by atoms with Gasteiger partial charge in [0.15, 0.2) is 6.29 Å². The zero-order chi connectivity index (χ0) is 33.7. The van der Waals surface area contributed by atoms with Crippen LogP contribution < -0.4 is 5.32 Å². The normalized spacial score (nSPS) is 21.3. The van der Waals surface area contributed by atoms with Crippen molar-refractivity contribution in [3.8, 4) is 11.1 Å². The Kier molecular flexibility index (Phi) is 13.6. The van der Waals surface area contributed by atoms with Gasteiger partial charge in [-0.3, -0.25) is 14.5 Å². The molecule has 48 heavy (non-hydrogen) atoms. The molecule has 2 heterocycles. The van der Waals surface area contributed by atoms with Crippen LogP contribution in [0.4, 0.5) is 0 Å². The van der Waals surface area contributed by atoms with Gasteiger partial charge in [-0.1, -0.05) is 73.5 Å². The molecule has 0 bridgehead atoms. The lowest BCUT2D eigenvalue weighted by Gasteiger charge is -2.39. The van der Waals surface area contributed by atoms with Crippen molar-refractivity contribution in [2.45, 2.75) is 95.5 Å². The van der Waals surface area contributed by atoms with Crippen LogP contribution in [0.3, 0.4) is 0 Å². The van der Waals surface area contributed by atoms with Crippen molar-refractivity contribution in [3.05, 3.63) is 95.1 Å². The van der Waals surface area contributed by atoms with Gasteiger partial charge in [-0.25, -0.2) is 0 Å². The number of benzene rings is 3. The fourth-order valence-electron chi connectivity index (χ4n) is 6.74. The maximum absolute atomic E-state index is 12.4. The van der Waals surface area contributed by atoms with E-state index < -0.39 is 12.3 Å². The Morgan fingerprint density at radius 3 is 2.40 bits per heavy atom. The molecule has 1 amide bonds. The van der Waals surface area contributed by atoms with E-state index >= 15 is 0 Å². The van der Waals surface area contributed by atoms with Gasteiger partial charge in [0.1, 0.15) is 0 Å². The summed E-state index contributed by atoms with van der Waals surface area (Å²) in [4.78, 5) is 25.6. The molecule has 0 saturated carbocycles. The number of aliphatic hydroxyl groups excluding tert-OH is 1. The van der Waals surface area contributed by atoms with Gasteiger partial charge in [-0.2, -0.15) is 0 Å². The molecule has 2 aliphatic heterocycles. The monoisotopic (exact) mass is 658 g/mol. The number of amides is 1. The fourth-order valence-corrected chi connectivity index (χ4v) is 6.74. The number of carbonyl (C=O) groups is 2. The number of aliphatic hydroxyl groups is 1. The highest BCUT2D eigenvalue weighted by molar-refractivity contribution is 5.76. The van der Waals surface area contributed by atoms with Gasteiger partial charge >= 0.3 is 5.97 Å². The van der Waals surface area contributed by atoms with Crippen LogP contribution >= 0.6 is 0 Å². The van der Waals surface area contributed by atoms with Crippen LogP contribution in [0.5, 0.6) is 0 Å². The summed E-state index contributed by atoms with van der Waals surface area (Å²) < 4.78 is 18.8. The Bertz CT molecular complexity index is 1460. The summed E-state index contributed by atoms with van der Waals surface area (Å²) in [6.07, 6.45) is 6.02. The first kappa shape index (κ1) is 35.7. The molecule has 3 N–H and O–H groups in total. The van der Waals surface area contributed by atoms with Crippen molar-refractivity contribution in [1.82, 2.24) is 10.2 Å². The second kappa shape index (κ2) is 18.2. The predicted octanol–water partition coefficient (Wildman–Crippen LogP) is 6.54. The molecule has 0 spiro atoms. The minimum Gasteiger partial charge on any atom is -0.481 e. The molecule has 0 radical (unpaired) electrons. The molecule has 0 aromatic heterocycles. The molecule has 2 saturated heterocycles. The lowest BCUT2D eigenvalue weighted by Crippen LogP contribution is -2.42. The first-order valence-electron chi connectivity index (χ1n) is 17.3. The van der Waals surface area contributed by atoms with E-state index in [4.69, 9.17) is 19.3 Å². The van der Waals surface area contributed by atoms with Gasteiger partial charge in [0.25, 0.3) is 0 Å². The number of carboxylic acid groups (broad SMARTS) is 1. The third kappa shape index (κ3) is 10.4. The predicted molar refractivity (Wildman–Crippen MR) is 184 cm³/mol. The average Bonchev–Trinajstić information content (AvgIpc) is 3.55. The summed E-state index contributed by atoms with van der Waals surface area (Å²) in [5, 5.41) is 21.3. The highest BCUT2D eigenvalue weighted by atomic mass is 16.7. The van der Waals surface area contributed by atoms with Crippen molar-refractivity contribution in [1.29, 1.82) is 0 Å². The number of aliphatic carboxylic acids is 1. The summed E-state index contributed by atoms with van der Waals surface area (Å²) in [6.45, 7) is 3.03. The number of unbranched alkanes of at least 4 members (excludes halogenated alkanes) is 3. The third-order valence-electron chi connectivity index (χ3n) is 9.36. The first-order chi connectivity index (χ1) is 23.4. The minimum absolute atomic E-state index is 0.00445. The molecule has 258 valence electrons. The van der Waals surface area contributed by atoms with Crippen molar-refractivity contribution >= 4 is 11.9 Å². The number of rotatable bonds is 17. The molecule has 2 fully saturated rings. The quantitative estimate of drug-likeness (QED) is 0.140. The van der Waals surface area contributed by atoms with Gasteiger partial charge in [0.05, 0.1) is 25.4 Å². The van der Waals surface area contributed by atoms with Gasteiger partial charge in [0, 0.05) is 51.1 Å². The number of methoxy groups -OCH3 is 1. The maximum Gasteiger partial charge on any atom is 0.303 e. The number of hydrogen-bond acceptors (Lipinski definition) is 7. The largest absolute Gasteiger partial charge is 0.481 e. The minimum atomic E-state index is -0.772. The second-order valence-corrected chi connectivity index (χ2v) is 13.0. The zero-order valence-corrected chi connectivity index (χ0v) is 28.0. The molecule has 3 aromatic carbocycles. The topological polar surface area (TPSA) is 118 Å². The van der Waals surface area contributed by atoms with Crippen molar-refractivity contribution < 1.29 is 34.0 Å². The van der Waals surface area contributed by atoms with E-state index in [-0.39, 0.29) is 31.1 Å². The van der Waals surface area contributed by atoms with E-state index in [2.05, 4.69) is 40.5 Å². The number of ether oxygens (including phenoxy) is 3. The molecule has 9 heteroatoms. The van der Waals surface area contributed by atoms with Crippen molar-refractivity contribution in [3.63, 3.8) is 0 Å². The molecule has 2 aliphatic rings. The van der Waals surface area contributed by atoms with Gasteiger partial charge in [-0.05, 0) is 72.2 Å². The molecule has 4 atom stereocenters. The molecule has 4 unspecified atom stereocenters. The Hall–Kier alpha value is -3.60. The zero-order valence-electron chi connectivity index (χ0n) is 28.0. The Morgan fingerprint density at radius 2 is 1.65 bits per heavy atom. The van der Waals surface area contributed by atoms with Gasteiger partial charge in [0.2, 0.25) is 5.91 Å². The molecule has 3 aromatic rings. The second-order valence-electron chi connectivity index (χ2n) is 13.0. The molecule has 9 nitrogen and oxygen atoms in total. The summed E-state index contributed by atoms with van der Waals surface area (Å²) >= 11 is 0. The number of hydrogen-bond donors (Lipinski definition) is 3. The Morgan fingerprint density at radius 1 is 0.896 bits per heavy atom. The summed E-state index contributed by atoms with van der Waals surface area (Å²) in [5.41, 5.74) is 6.00. The highest BCUT2D eigenvalue weighted by Crippen LogP contribution is 2.39. The smallest absolute Gasteiger partial charge is 0.303 e. The first-order valence-corrected chi connectivity index (χ1v) is 17.3. The number of nitrogens with one attached hydrogen (secondary N) is 1. The number of carboxylic acids is 1. The fraction of sp³-hybridized carbons (Fsp3) is 0.487. The van der Waals surface area contributed by atoms with Crippen LogP contribution in [0.15, 0.2) is 72.8 Å². The van der Waals surface area contributed by atoms with Crippen molar-refractivity contribution in [2.24, 2.45) is 0 Å². The maximum atomic E-state index is 12.4. The van der Waals surface area contributed by atoms with Crippen LogP contribution in [0.1, 0.15) is 92.4 Å². The molecule has 0 aliphatic carbocycles. The van der Waals surface area contributed by atoms with Gasteiger partial charge < -0.3 is 29.7 Å².